The molecule has 0 bridgehead atoms. The van der Waals surface area contributed by atoms with Crippen LogP contribution in [-0.2, 0) is 17.9 Å². The Hall–Kier alpha value is -3.31. The summed E-state index contributed by atoms with van der Waals surface area (Å²) in [6.45, 7) is 5.28. The van der Waals surface area contributed by atoms with Gasteiger partial charge in [0.2, 0.25) is 0 Å². The molecule has 4 nitrogen and oxygen atoms in total. The number of nitrogens with zero attached hydrogens (tertiary/aromatic N) is 1. The highest BCUT2D eigenvalue weighted by Gasteiger charge is 2.40. The lowest BCUT2D eigenvalue weighted by atomic mass is 9.92. The molecule has 1 aliphatic carbocycles. The number of hydrogen-bond acceptors (Lipinski definition) is 3. The van der Waals surface area contributed by atoms with E-state index in [9.17, 15) is 9.59 Å². The number of aryl methyl sites for hydroxylation is 2. The summed E-state index contributed by atoms with van der Waals surface area (Å²) in [5.41, 5.74) is 6.24. The Morgan fingerprint density at radius 1 is 0.892 bits per heavy atom. The van der Waals surface area contributed by atoms with Gasteiger partial charge >= 0.3 is 0 Å². The zero-order valence-corrected chi connectivity index (χ0v) is 22.4. The van der Waals surface area contributed by atoms with Crippen molar-refractivity contribution in [2.75, 3.05) is 0 Å². The third-order valence-electron chi connectivity index (χ3n) is 7.34. The normalized spacial score (nSPS) is 20.5. The summed E-state index contributed by atoms with van der Waals surface area (Å²) >= 11 is 1.74. The largest absolute Gasteiger partial charge is 0.348 e. The van der Waals surface area contributed by atoms with Crippen molar-refractivity contribution in [2.24, 2.45) is 0 Å². The number of hydrogen-bond donors (Lipinski definition) is 1. The minimum absolute atomic E-state index is 0.0998. The van der Waals surface area contributed by atoms with Crippen LogP contribution in [0.1, 0.15) is 63.9 Å². The molecule has 5 heteroatoms. The van der Waals surface area contributed by atoms with Gasteiger partial charge in [-0.2, -0.15) is 0 Å². The van der Waals surface area contributed by atoms with E-state index in [1.807, 2.05) is 61.5 Å². The first-order valence-corrected chi connectivity index (χ1v) is 14.0. The van der Waals surface area contributed by atoms with Crippen molar-refractivity contribution in [1.82, 2.24) is 10.2 Å². The molecule has 0 spiro atoms. The van der Waals surface area contributed by atoms with Gasteiger partial charge in [-0.25, -0.2) is 0 Å². The predicted molar refractivity (Wildman–Crippen MR) is 152 cm³/mol. The molecule has 2 amide bonds. The molecule has 1 N–H and O–H groups in total. The summed E-state index contributed by atoms with van der Waals surface area (Å²) in [5, 5.41) is 3.43. The molecule has 2 fully saturated rings. The van der Waals surface area contributed by atoms with Crippen LogP contribution in [-0.4, -0.2) is 28.0 Å². The molecule has 3 aromatic carbocycles. The molecule has 37 heavy (non-hydrogen) atoms. The number of benzene rings is 3. The first-order chi connectivity index (χ1) is 18.0. The number of thioether (sulfide) groups is 1. The Kier molecular flexibility index (Phi) is 7.80. The standard InChI is InChI=1S/C32H34N2O2S/c1-22-7-11-25(12-8-22)20-33-31(35)27-17-15-24(16-18-27)19-30-32(36)34(21-26-13-9-23(2)10-14-26)28-5-3-4-6-29(28)37-30/h7-19,28-29H,3-6,20-21H2,1-2H3,(H,33,35)/b30-19+. The van der Waals surface area contributed by atoms with E-state index in [1.165, 1.54) is 29.5 Å². The molecular formula is C32H34N2O2S. The lowest BCUT2D eigenvalue weighted by Crippen LogP contribution is -2.50. The highest BCUT2D eigenvalue weighted by Crippen LogP contribution is 2.42. The zero-order valence-electron chi connectivity index (χ0n) is 21.6. The molecule has 2 unspecified atom stereocenters. The minimum atomic E-state index is -0.0998. The molecule has 0 radical (unpaired) electrons. The molecule has 2 aliphatic rings. The Morgan fingerprint density at radius 2 is 1.51 bits per heavy atom. The Bertz CT molecular complexity index is 1280. The van der Waals surface area contributed by atoms with Crippen molar-refractivity contribution in [1.29, 1.82) is 0 Å². The SMILES string of the molecule is Cc1ccc(CNC(=O)c2ccc(/C=C3/SC4CCCCC4N(Cc4ccc(C)cc4)C3=O)cc2)cc1. The van der Waals surface area contributed by atoms with Crippen molar-refractivity contribution >= 4 is 29.7 Å². The maximum absolute atomic E-state index is 13.6. The topological polar surface area (TPSA) is 49.4 Å². The maximum atomic E-state index is 13.6. The number of rotatable bonds is 6. The fraction of sp³-hybridized carbons (Fsp3) is 0.312. The van der Waals surface area contributed by atoms with Gasteiger partial charge in [-0.05, 0) is 61.6 Å². The lowest BCUT2D eigenvalue weighted by Gasteiger charge is -2.44. The summed E-state index contributed by atoms with van der Waals surface area (Å²) in [5.74, 6) is 0.0193. The molecule has 190 valence electrons. The maximum Gasteiger partial charge on any atom is 0.260 e. The van der Waals surface area contributed by atoms with Gasteiger partial charge in [-0.3, -0.25) is 9.59 Å². The molecular weight excluding hydrogens is 476 g/mol. The lowest BCUT2D eigenvalue weighted by molar-refractivity contribution is -0.130. The van der Waals surface area contributed by atoms with Gasteiger partial charge in [0.15, 0.2) is 0 Å². The number of nitrogens with one attached hydrogen (secondary N) is 1. The molecule has 1 saturated heterocycles. The fourth-order valence-corrected chi connectivity index (χ4v) is 6.60. The van der Waals surface area contributed by atoms with Crippen molar-refractivity contribution in [2.45, 2.75) is 63.9 Å². The van der Waals surface area contributed by atoms with Gasteiger partial charge in [0.25, 0.3) is 11.8 Å². The van der Waals surface area contributed by atoms with Crippen molar-refractivity contribution in [3.8, 4) is 0 Å². The number of fused-ring (bicyclic) bond motifs is 1. The number of carbonyl (C=O) groups is 2. The van der Waals surface area contributed by atoms with Gasteiger partial charge in [-0.1, -0.05) is 84.6 Å². The summed E-state index contributed by atoms with van der Waals surface area (Å²) in [6.07, 6.45) is 6.62. The van der Waals surface area contributed by atoms with E-state index < -0.39 is 0 Å². The van der Waals surface area contributed by atoms with Crippen molar-refractivity contribution in [3.05, 3.63) is 111 Å². The molecule has 0 aromatic heterocycles. The number of amides is 2. The molecule has 1 aliphatic heterocycles. The molecule has 5 rings (SSSR count). The van der Waals surface area contributed by atoms with Gasteiger partial charge < -0.3 is 10.2 Å². The average Bonchev–Trinajstić information content (AvgIpc) is 2.92. The summed E-state index contributed by atoms with van der Waals surface area (Å²) in [4.78, 5) is 29.2. The van der Waals surface area contributed by atoms with E-state index in [0.29, 0.717) is 29.9 Å². The zero-order chi connectivity index (χ0) is 25.8. The van der Waals surface area contributed by atoms with E-state index in [1.54, 1.807) is 11.8 Å². The van der Waals surface area contributed by atoms with Crippen LogP contribution < -0.4 is 5.32 Å². The summed E-state index contributed by atoms with van der Waals surface area (Å²) in [7, 11) is 0. The van der Waals surface area contributed by atoms with Crippen LogP contribution in [0.4, 0.5) is 0 Å². The van der Waals surface area contributed by atoms with Crippen LogP contribution in [0.25, 0.3) is 6.08 Å². The van der Waals surface area contributed by atoms with E-state index >= 15 is 0 Å². The third kappa shape index (κ3) is 6.16. The van der Waals surface area contributed by atoms with Gasteiger partial charge in [0, 0.05) is 29.9 Å². The second-order valence-electron chi connectivity index (χ2n) is 10.2. The Balaban J connectivity index is 1.29. The van der Waals surface area contributed by atoms with E-state index in [-0.39, 0.29) is 11.8 Å². The molecule has 2 atom stereocenters. The van der Waals surface area contributed by atoms with Gasteiger partial charge in [0.05, 0.1) is 4.91 Å². The van der Waals surface area contributed by atoms with Crippen molar-refractivity contribution < 1.29 is 9.59 Å². The second kappa shape index (κ2) is 11.4. The molecule has 1 saturated carbocycles. The third-order valence-corrected chi connectivity index (χ3v) is 8.73. The van der Waals surface area contributed by atoms with Gasteiger partial charge in [0.1, 0.15) is 0 Å². The molecule has 3 aromatic rings. The Morgan fingerprint density at radius 3 is 2.19 bits per heavy atom. The Labute approximate surface area is 224 Å². The fourth-order valence-electron chi connectivity index (χ4n) is 5.12. The van der Waals surface area contributed by atoms with Gasteiger partial charge in [-0.15, -0.1) is 11.8 Å². The summed E-state index contributed by atoms with van der Waals surface area (Å²) < 4.78 is 0. The van der Waals surface area contributed by atoms with E-state index in [2.05, 4.69) is 41.4 Å². The number of carbonyl (C=O) groups excluding carboxylic acids is 2. The highest BCUT2D eigenvalue weighted by molar-refractivity contribution is 8.04. The predicted octanol–water partition coefficient (Wildman–Crippen LogP) is 6.66. The van der Waals surface area contributed by atoms with Crippen LogP contribution in [0, 0.1) is 13.8 Å². The van der Waals surface area contributed by atoms with Crippen LogP contribution in [0.15, 0.2) is 77.7 Å². The monoisotopic (exact) mass is 510 g/mol. The van der Waals surface area contributed by atoms with Crippen LogP contribution in [0.2, 0.25) is 0 Å². The highest BCUT2D eigenvalue weighted by atomic mass is 32.2. The van der Waals surface area contributed by atoms with E-state index in [4.69, 9.17) is 0 Å². The average molecular weight is 511 g/mol. The second-order valence-corrected chi connectivity index (χ2v) is 11.5. The minimum Gasteiger partial charge on any atom is -0.348 e. The quantitative estimate of drug-likeness (QED) is 0.377. The van der Waals surface area contributed by atoms with E-state index in [0.717, 1.165) is 28.9 Å². The van der Waals surface area contributed by atoms with Crippen molar-refractivity contribution in [3.63, 3.8) is 0 Å². The van der Waals surface area contributed by atoms with Crippen LogP contribution in [0.5, 0.6) is 0 Å². The van der Waals surface area contributed by atoms with Crippen LogP contribution >= 0.6 is 11.8 Å². The smallest absolute Gasteiger partial charge is 0.260 e. The first-order valence-electron chi connectivity index (χ1n) is 13.1. The molecule has 1 heterocycles. The summed E-state index contributed by atoms with van der Waals surface area (Å²) in [6, 6.07) is 24.5. The van der Waals surface area contributed by atoms with Crippen LogP contribution in [0.3, 0.4) is 0 Å². The first kappa shape index (κ1) is 25.3.